The summed E-state index contributed by atoms with van der Waals surface area (Å²) < 4.78 is 5.92. The number of benzene rings is 4. The first-order valence-electron chi connectivity index (χ1n) is 13.4. The molecular weight excluding hydrogens is 498 g/mol. The molecule has 5 nitrogen and oxygen atoms in total. The van der Waals surface area contributed by atoms with Gasteiger partial charge in [-0.1, -0.05) is 80.9 Å². The number of carbonyl (C=O) groups is 2. The third-order valence-corrected chi connectivity index (χ3v) is 7.25. The normalized spacial score (nSPS) is 16.8. The van der Waals surface area contributed by atoms with Gasteiger partial charge in [0.05, 0.1) is 11.6 Å². The summed E-state index contributed by atoms with van der Waals surface area (Å²) in [6.07, 6.45) is 0. The van der Waals surface area contributed by atoms with Crippen molar-refractivity contribution in [3.05, 3.63) is 130 Å². The van der Waals surface area contributed by atoms with Gasteiger partial charge in [-0.3, -0.25) is 14.5 Å². The highest BCUT2D eigenvalue weighted by molar-refractivity contribution is 6.51. The zero-order valence-corrected chi connectivity index (χ0v) is 23.4. The summed E-state index contributed by atoms with van der Waals surface area (Å²) in [5.74, 6) is -0.264. The predicted molar refractivity (Wildman–Crippen MR) is 159 cm³/mol. The van der Waals surface area contributed by atoms with E-state index in [9.17, 15) is 14.7 Å². The minimum atomic E-state index is -0.793. The molecule has 4 aromatic carbocycles. The maximum absolute atomic E-state index is 13.6. The van der Waals surface area contributed by atoms with Crippen molar-refractivity contribution in [1.82, 2.24) is 0 Å². The molecule has 0 spiro atoms. The SMILES string of the molecule is Cc1cccc(C2/C(=C(\O)c3cc(C(C)(C)C)ccc3C)C(=O)C(=O)N2c2ccc(Oc3ccccc3)cc2)c1. The van der Waals surface area contributed by atoms with Gasteiger partial charge in [-0.05, 0) is 78.4 Å². The van der Waals surface area contributed by atoms with Crippen LogP contribution in [0.5, 0.6) is 11.5 Å². The number of hydrogen-bond acceptors (Lipinski definition) is 4. The van der Waals surface area contributed by atoms with Gasteiger partial charge < -0.3 is 9.84 Å². The van der Waals surface area contributed by atoms with Crippen molar-refractivity contribution in [3.8, 4) is 11.5 Å². The van der Waals surface area contributed by atoms with Crippen LogP contribution in [-0.2, 0) is 15.0 Å². The van der Waals surface area contributed by atoms with Crippen LogP contribution in [0.4, 0.5) is 5.69 Å². The van der Waals surface area contributed by atoms with Crippen molar-refractivity contribution >= 4 is 23.1 Å². The van der Waals surface area contributed by atoms with Crippen LogP contribution in [0, 0.1) is 13.8 Å². The summed E-state index contributed by atoms with van der Waals surface area (Å²) in [6.45, 7) is 10.1. The van der Waals surface area contributed by atoms with Gasteiger partial charge in [0.1, 0.15) is 17.3 Å². The number of nitrogens with zero attached hydrogens (tertiary/aromatic N) is 1. The number of aliphatic hydroxyl groups excluding tert-OH is 1. The van der Waals surface area contributed by atoms with Gasteiger partial charge >= 0.3 is 0 Å². The van der Waals surface area contributed by atoms with E-state index >= 15 is 0 Å². The lowest BCUT2D eigenvalue weighted by atomic mass is 9.84. The van der Waals surface area contributed by atoms with E-state index in [0.717, 1.165) is 22.3 Å². The number of aliphatic hydroxyl groups is 1. The average Bonchev–Trinajstić information content (AvgIpc) is 3.19. The van der Waals surface area contributed by atoms with Crippen LogP contribution in [0.2, 0.25) is 0 Å². The van der Waals surface area contributed by atoms with Gasteiger partial charge in [-0.15, -0.1) is 0 Å². The number of amides is 1. The lowest BCUT2D eigenvalue weighted by Gasteiger charge is -2.26. The second-order valence-electron chi connectivity index (χ2n) is 11.3. The highest BCUT2D eigenvalue weighted by Crippen LogP contribution is 2.43. The number of aryl methyl sites for hydroxylation is 2. The van der Waals surface area contributed by atoms with Crippen LogP contribution in [0.1, 0.15) is 54.6 Å². The Hall–Kier alpha value is -4.64. The van der Waals surface area contributed by atoms with E-state index in [1.807, 2.05) is 86.6 Å². The number of rotatable bonds is 5. The average molecular weight is 532 g/mol. The Morgan fingerprint density at radius 3 is 2.12 bits per heavy atom. The molecule has 1 amide bonds. The van der Waals surface area contributed by atoms with Crippen molar-refractivity contribution in [1.29, 1.82) is 0 Å². The summed E-state index contributed by atoms with van der Waals surface area (Å²) in [5.41, 5.74) is 4.58. The van der Waals surface area contributed by atoms with Crippen molar-refractivity contribution in [2.45, 2.75) is 46.1 Å². The van der Waals surface area contributed by atoms with Crippen LogP contribution >= 0.6 is 0 Å². The van der Waals surface area contributed by atoms with E-state index in [0.29, 0.717) is 22.7 Å². The Balaban J connectivity index is 1.63. The predicted octanol–water partition coefficient (Wildman–Crippen LogP) is 8.02. The highest BCUT2D eigenvalue weighted by atomic mass is 16.5. The Morgan fingerprint density at radius 2 is 1.48 bits per heavy atom. The topological polar surface area (TPSA) is 66.8 Å². The molecule has 5 rings (SSSR count). The molecule has 0 bridgehead atoms. The third kappa shape index (κ3) is 5.15. The Morgan fingerprint density at radius 1 is 0.800 bits per heavy atom. The standard InChI is InChI=1S/C35H33NO4/c1-22-10-9-11-24(20-22)31-30(32(37)29-21-25(35(3,4)5)15-14-23(29)2)33(38)34(39)36(31)26-16-18-28(19-17-26)40-27-12-7-6-8-13-27/h6-21,31,37H,1-5H3/b32-30+. The van der Waals surface area contributed by atoms with Crippen molar-refractivity contribution in [3.63, 3.8) is 0 Å². The van der Waals surface area contributed by atoms with Gasteiger partial charge in [0.15, 0.2) is 0 Å². The minimum absolute atomic E-state index is 0.0781. The summed E-state index contributed by atoms with van der Waals surface area (Å²) in [7, 11) is 0. The fourth-order valence-electron chi connectivity index (χ4n) is 5.04. The van der Waals surface area contributed by atoms with Gasteiger partial charge in [0.2, 0.25) is 0 Å². The number of Topliss-reactive ketones (excluding diaryl/α,β-unsaturated/α-hetero) is 1. The molecule has 0 aromatic heterocycles. The van der Waals surface area contributed by atoms with Crippen LogP contribution in [-0.4, -0.2) is 16.8 Å². The Bertz CT molecular complexity index is 1610. The zero-order valence-electron chi connectivity index (χ0n) is 23.4. The first kappa shape index (κ1) is 26.9. The minimum Gasteiger partial charge on any atom is -0.507 e. The molecule has 1 aliphatic rings. The third-order valence-electron chi connectivity index (χ3n) is 7.25. The van der Waals surface area contributed by atoms with Gasteiger partial charge in [-0.25, -0.2) is 0 Å². The fourth-order valence-corrected chi connectivity index (χ4v) is 5.04. The molecule has 40 heavy (non-hydrogen) atoms. The lowest BCUT2D eigenvalue weighted by Crippen LogP contribution is -2.29. The molecular formula is C35H33NO4. The van der Waals surface area contributed by atoms with Crippen molar-refractivity contribution < 1.29 is 19.4 Å². The lowest BCUT2D eigenvalue weighted by molar-refractivity contribution is -0.132. The molecule has 1 aliphatic heterocycles. The van der Waals surface area contributed by atoms with Gasteiger partial charge in [0, 0.05) is 11.3 Å². The Labute approximate surface area is 235 Å². The van der Waals surface area contributed by atoms with Crippen molar-refractivity contribution in [2.24, 2.45) is 0 Å². The summed E-state index contributed by atoms with van der Waals surface area (Å²) >= 11 is 0. The first-order valence-corrected chi connectivity index (χ1v) is 13.4. The largest absolute Gasteiger partial charge is 0.507 e. The van der Waals surface area contributed by atoms with E-state index in [2.05, 4.69) is 20.8 Å². The van der Waals surface area contributed by atoms with Crippen LogP contribution < -0.4 is 9.64 Å². The summed E-state index contributed by atoms with van der Waals surface area (Å²) in [5, 5.41) is 11.7. The highest BCUT2D eigenvalue weighted by Gasteiger charge is 2.47. The number of anilines is 1. The second-order valence-corrected chi connectivity index (χ2v) is 11.3. The molecule has 202 valence electrons. The summed E-state index contributed by atoms with van der Waals surface area (Å²) in [4.78, 5) is 28.7. The molecule has 4 aromatic rings. The molecule has 1 fully saturated rings. The van der Waals surface area contributed by atoms with E-state index in [4.69, 9.17) is 4.74 Å². The van der Waals surface area contributed by atoms with Crippen LogP contribution in [0.3, 0.4) is 0 Å². The van der Waals surface area contributed by atoms with Gasteiger partial charge in [-0.2, -0.15) is 0 Å². The number of carbonyl (C=O) groups excluding carboxylic acids is 2. The molecule has 1 N–H and O–H groups in total. The molecule has 1 atom stereocenters. The zero-order chi connectivity index (χ0) is 28.6. The van der Waals surface area contributed by atoms with Crippen LogP contribution in [0.25, 0.3) is 5.76 Å². The maximum atomic E-state index is 13.6. The van der Waals surface area contributed by atoms with E-state index in [1.54, 1.807) is 24.3 Å². The molecule has 1 heterocycles. The van der Waals surface area contributed by atoms with E-state index < -0.39 is 17.7 Å². The van der Waals surface area contributed by atoms with Crippen molar-refractivity contribution in [2.75, 3.05) is 4.90 Å². The molecule has 0 saturated carbocycles. The first-order chi connectivity index (χ1) is 19.0. The van der Waals surface area contributed by atoms with E-state index in [1.165, 1.54) is 4.90 Å². The monoisotopic (exact) mass is 531 g/mol. The molecule has 5 heteroatoms. The number of ether oxygens (including phenoxy) is 1. The quantitative estimate of drug-likeness (QED) is 0.161. The molecule has 1 saturated heterocycles. The molecule has 1 unspecified atom stereocenters. The maximum Gasteiger partial charge on any atom is 0.300 e. The van der Waals surface area contributed by atoms with Crippen LogP contribution in [0.15, 0.2) is 103 Å². The second kappa shape index (κ2) is 10.5. The number of hydrogen-bond donors (Lipinski definition) is 1. The molecule has 0 aliphatic carbocycles. The fraction of sp³-hybridized carbons (Fsp3) is 0.200. The molecule has 0 radical (unpaired) electrons. The van der Waals surface area contributed by atoms with Gasteiger partial charge in [0.25, 0.3) is 11.7 Å². The Kier molecular flexibility index (Phi) is 7.07. The smallest absolute Gasteiger partial charge is 0.300 e. The summed E-state index contributed by atoms with van der Waals surface area (Å²) in [6, 6.07) is 29.3. The number of ketones is 1. The number of para-hydroxylation sites is 1. The van der Waals surface area contributed by atoms with E-state index in [-0.39, 0.29) is 16.7 Å².